The summed E-state index contributed by atoms with van der Waals surface area (Å²) in [5.74, 6) is 1.38. The average molecular weight is 330 g/mol. The number of aryl methyl sites for hydroxylation is 1. The highest BCUT2D eigenvalue weighted by atomic mass is 16.1. The smallest absolute Gasteiger partial charge is 0.223 e. The van der Waals surface area contributed by atoms with E-state index in [0.717, 1.165) is 44.9 Å². The molecule has 1 aliphatic heterocycles. The Bertz CT molecular complexity index is 584. The first-order valence-electron chi connectivity index (χ1n) is 9.60. The lowest BCUT2D eigenvalue weighted by atomic mass is 9.76. The van der Waals surface area contributed by atoms with Crippen LogP contribution in [0.3, 0.4) is 0 Å². The molecular weight excluding hydrogens is 300 g/mol. The van der Waals surface area contributed by atoms with Crippen molar-refractivity contribution in [3.63, 3.8) is 0 Å². The SMILES string of the molecule is Cn1cc(CN2CCC3(CC[C@H](C(=O)NCC4CC4)C3)CC2)cn1. The molecule has 1 atom stereocenters. The van der Waals surface area contributed by atoms with Crippen LogP contribution in [0.1, 0.15) is 50.5 Å². The van der Waals surface area contributed by atoms with Crippen molar-refractivity contribution >= 4 is 5.91 Å². The molecule has 1 saturated heterocycles. The van der Waals surface area contributed by atoms with Crippen molar-refractivity contribution in [1.29, 1.82) is 0 Å². The number of hydrogen-bond donors (Lipinski definition) is 1. The van der Waals surface area contributed by atoms with Gasteiger partial charge >= 0.3 is 0 Å². The van der Waals surface area contributed by atoms with Crippen LogP contribution in [0.4, 0.5) is 0 Å². The number of amides is 1. The number of aromatic nitrogens is 2. The van der Waals surface area contributed by atoms with Crippen molar-refractivity contribution in [2.75, 3.05) is 19.6 Å². The van der Waals surface area contributed by atoms with Crippen LogP contribution in [0.15, 0.2) is 12.4 Å². The van der Waals surface area contributed by atoms with Crippen LogP contribution in [0, 0.1) is 17.3 Å². The summed E-state index contributed by atoms with van der Waals surface area (Å²) in [6.07, 6.45) is 12.7. The van der Waals surface area contributed by atoms with Crippen molar-refractivity contribution in [3.8, 4) is 0 Å². The van der Waals surface area contributed by atoms with Gasteiger partial charge in [-0.25, -0.2) is 0 Å². The number of nitrogens with one attached hydrogen (secondary N) is 1. The maximum absolute atomic E-state index is 12.4. The van der Waals surface area contributed by atoms with Gasteiger partial charge in [-0.1, -0.05) is 0 Å². The van der Waals surface area contributed by atoms with Crippen molar-refractivity contribution in [3.05, 3.63) is 18.0 Å². The molecule has 2 aliphatic carbocycles. The fourth-order valence-corrected chi connectivity index (χ4v) is 4.59. The molecule has 24 heavy (non-hydrogen) atoms. The Morgan fingerprint density at radius 3 is 2.75 bits per heavy atom. The predicted octanol–water partition coefficient (Wildman–Crippen LogP) is 2.33. The highest BCUT2D eigenvalue weighted by Crippen LogP contribution is 2.49. The predicted molar refractivity (Wildman–Crippen MR) is 93.2 cm³/mol. The highest BCUT2D eigenvalue weighted by molar-refractivity contribution is 5.79. The molecular formula is C19H30N4O. The summed E-state index contributed by atoms with van der Waals surface area (Å²) in [5.41, 5.74) is 1.74. The number of hydrogen-bond acceptors (Lipinski definition) is 3. The second-order valence-corrected chi connectivity index (χ2v) is 8.43. The van der Waals surface area contributed by atoms with E-state index in [9.17, 15) is 4.79 Å². The van der Waals surface area contributed by atoms with Gasteiger partial charge in [-0.3, -0.25) is 14.4 Å². The molecule has 1 aromatic rings. The van der Waals surface area contributed by atoms with E-state index in [0.29, 0.717) is 11.3 Å². The molecule has 5 nitrogen and oxygen atoms in total. The van der Waals surface area contributed by atoms with Gasteiger partial charge in [-0.15, -0.1) is 0 Å². The lowest BCUT2D eigenvalue weighted by molar-refractivity contribution is -0.125. The van der Waals surface area contributed by atoms with Crippen LogP contribution in [-0.2, 0) is 18.4 Å². The zero-order valence-corrected chi connectivity index (χ0v) is 14.8. The molecule has 1 aromatic heterocycles. The molecule has 0 bridgehead atoms. The Morgan fingerprint density at radius 2 is 2.08 bits per heavy atom. The van der Waals surface area contributed by atoms with Gasteiger partial charge in [0, 0.05) is 37.8 Å². The van der Waals surface area contributed by atoms with Gasteiger partial charge in [-0.05, 0) is 69.4 Å². The molecule has 132 valence electrons. The zero-order chi connectivity index (χ0) is 16.6. The lowest BCUT2D eigenvalue weighted by Gasteiger charge is -2.39. The van der Waals surface area contributed by atoms with Crippen molar-refractivity contribution < 1.29 is 4.79 Å². The van der Waals surface area contributed by atoms with E-state index in [1.54, 1.807) is 0 Å². The van der Waals surface area contributed by atoms with Crippen LogP contribution in [0.25, 0.3) is 0 Å². The molecule has 4 rings (SSSR count). The maximum Gasteiger partial charge on any atom is 0.223 e. The fourth-order valence-electron chi connectivity index (χ4n) is 4.59. The van der Waals surface area contributed by atoms with E-state index >= 15 is 0 Å². The minimum absolute atomic E-state index is 0.272. The third-order valence-corrected chi connectivity index (χ3v) is 6.42. The minimum Gasteiger partial charge on any atom is -0.356 e. The van der Waals surface area contributed by atoms with Gasteiger partial charge < -0.3 is 5.32 Å². The molecule has 2 heterocycles. The molecule has 0 aromatic carbocycles. The summed E-state index contributed by atoms with van der Waals surface area (Å²) < 4.78 is 1.88. The molecule has 5 heteroatoms. The number of likely N-dealkylation sites (tertiary alicyclic amines) is 1. The summed E-state index contributed by atoms with van der Waals surface area (Å²) in [5, 5.41) is 7.46. The first-order chi connectivity index (χ1) is 11.6. The number of rotatable bonds is 5. The number of carbonyl (C=O) groups excluding carboxylic acids is 1. The van der Waals surface area contributed by atoms with Crippen LogP contribution in [0.5, 0.6) is 0 Å². The third kappa shape index (κ3) is 3.66. The number of carbonyl (C=O) groups is 1. The molecule has 1 amide bonds. The van der Waals surface area contributed by atoms with Gasteiger partial charge in [0.25, 0.3) is 0 Å². The van der Waals surface area contributed by atoms with E-state index in [-0.39, 0.29) is 5.92 Å². The Balaban J connectivity index is 1.25. The molecule has 0 radical (unpaired) electrons. The van der Waals surface area contributed by atoms with Crippen LogP contribution >= 0.6 is 0 Å². The minimum atomic E-state index is 0.272. The fraction of sp³-hybridized carbons (Fsp3) is 0.789. The Morgan fingerprint density at radius 1 is 1.29 bits per heavy atom. The van der Waals surface area contributed by atoms with E-state index in [4.69, 9.17) is 0 Å². The standard InChI is InChI=1S/C19H30N4O/c1-22-13-16(12-21-22)14-23-8-6-19(7-9-23)5-4-17(10-19)18(24)20-11-15-2-3-15/h12-13,15,17H,2-11,14H2,1H3,(H,20,24)/t17-/m0/s1. The summed E-state index contributed by atoms with van der Waals surface area (Å²) in [6, 6.07) is 0. The second kappa shape index (κ2) is 6.51. The summed E-state index contributed by atoms with van der Waals surface area (Å²) in [6.45, 7) is 4.24. The third-order valence-electron chi connectivity index (χ3n) is 6.42. The second-order valence-electron chi connectivity index (χ2n) is 8.43. The Labute approximate surface area is 144 Å². The normalized spacial score (nSPS) is 26.8. The van der Waals surface area contributed by atoms with Crippen molar-refractivity contribution in [2.45, 2.75) is 51.5 Å². The molecule has 0 unspecified atom stereocenters. The maximum atomic E-state index is 12.4. The van der Waals surface area contributed by atoms with Gasteiger partial charge in [0.05, 0.1) is 6.20 Å². The van der Waals surface area contributed by atoms with Gasteiger partial charge in [0.15, 0.2) is 0 Å². The molecule has 2 saturated carbocycles. The van der Waals surface area contributed by atoms with Gasteiger partial charge in [0.1, 0.15) is 0 Å². The average Bonchev–Trinajstić information content (AvgIpc) is 3.19. The number of piperidine rings is 1. The zero-order valence-electron chi connectivity index (χ0n) is 14.8. The van der Waals surface area contributed by atoms with Gasteiger partial charge in [0.2, 0.25) is 5.91 Å². The summed E-state index contributed by atoms with van der Waals surface area (Å²) >= 11 is 0. The molecule has 1 spiro atoms. The number of nitrogens with zero attached hydrogens (tertiary/aromatic N) is 3. The van der Waals surface area contributed by atoms with Crippen LogP contribution in [-0.4, -0.2) is 40.2 Å². The van der Waals surface area contributed by atoms with E-state index in [1.807, 2.05) is 17.9 Å². The van der Waals surface area contributed by atoms with E-state index in [1.165, 1.54) is 37.7 Å². The molecule has 3 fully saturated rings. The summed E-state index contributed by atoms with van der Waals surface area (Å²) in [7, 11) is 1.97. The van der Waals surface area contributed by atoms with Crippen molar-refractivity contribution in [1.82, 2.24) is 20.0 Å². The molecule has 1 N–H and O–H groups in total. The lowest BCUT2D eigenvalue weighted by Crippen LogP contribution is -2.39. The summed E-state index contributed by atoms with van der Waals surface area (Å²) in [4.78, 5) is 14.9. The van der Waals surface area contributed by atoms with Crippen LogP contribution in [0.2, 0.25) is 0 Å². The largest absolute Gasteiger partial charge is 0.356 e. The monoisotopic (exact) mass is 330 g/mol. The topological polar surface area (TPSA) is 50.2 Å². The Hall–Kier alpha value is -1.36. The van der Waals surface area contributed by atoms with E-state index in [2.05, 4.69) is 21.5 Å². The van der Waals surface area contributed by atoms with E-state index < -0.39 is 0 Å². The quantitative estimate of drug-likeness (QED) is 0.901. The van der Waals surface area contributed by atoms with Crippen molar-refractivity contribution in [2.24, 2.45) is 24.3 Å². The van der Waals surface area contributed by atoms with Crippen LogP contribution < -0.4 is 5.32 Å². The Kier molecular flexibility index (Phi) is 4.37. The van der Waals surface area contributed by atoms with Gasteiger partial charge in [-0.2, -0.15) is 5.10 Å². The first-order valence-corrected chi connectivity index (χ1v) is 9.60. The molecule has 3 aliphatic rings. The first kappa shape index (κ1) is 16.1. The highest BCUT2D eigenvalue weighted by Gasteiger charge is 2.43.